The highest BCUT2D eigenvalue weighted by Gasteiger charge is 2.23. The van der Waals surface area contributed by atoms with Crippen molar-refractivity contribution >= 4 is 5.91 Å². The smallest absolute Gasteiger partial charge is 0.244 e. The third kappa shape index (κ3) is 7.94. The number of hydrogen-bond acceptors (Lipinski definition) is 7. The second-order valence-corrected chi connectivity index (χ2v) is 7.65. The zero-order chi connectivity index (χ0) is 19.5. The highest BCUT2D eigenvalue weighted by molar-refractivity contribution is 5.75. The van der Waals surface area contributed by atoms with Crippen molar-refractivity contribution in [2.75, 3.05) is 27.3 Å². The molecule has 1 aliphatic rings. The second-order valence-electron chi connectivity index (χ2n) is 7.65. The van der Waals surface area contributed by atoms with E-state index < -0.39 is 5.91 Å². The summed E-state index contributed by atoms with van der Waals surface area (Å²) < 4.78 is 10.5. The van der Waals surface area contributed by atoms with Gasteiger partial charge < -0.3 is 9.26 Å². The van der Waals surface area contributed by atoms with Gasteiger partial charge in [0.25, 0.3) is 0 Å². The molecule has 0 radical (unpaired) electrons. The first-order chi connectivity index (χ1) is 13.1. The highest BCUT2D eigenvalue weighted by atomic mass is 16.5. The van der Waals surface area contributed by atoms with Crippen LogP contribution >= 0.6 is 0 Å². The van der Waals surface area contributed by atoms with Gasteiger partial charge in [-0.05, 0) is 19.4 Å². The Kier molecular flexibility index (Phi) is 9.72. The van der Waals surface area contributed by atoms with Crippen LogP contribution in [0.4, 0.5) is 0 Å². The van der Waals surface area contributed by atoms with E-state index in [1.807, 2.05) is 7.05 Å². The number of likely N-dealkylation sites (N-methyl/N-ethyl adjacent to an activating group) is 1. The van der Waals surface area contributed by atoms with Crippen LogP contribution in [0.1, 0.15) is 75.4 Å². The maximum Gasteiger partial charge on any atom is 0.244 e. The van der Waals surface area contributed by atoms with Crippen molar-refractivity contribution in [3.05, 3.63) is 11.7 Å². The Morgan fingerprint density at radius 2 is 2.19 bits per heavy atom. The van der Waals surface area contributed by atoms with E-state index in [0.717, 1.165) is 25.3 Å². The van der Waals surface area contributed by atoms with E-state index in [2.05, 4.69) is 15.0 Å². The molecule has 0 saturated heterocycles. The fourth-order valence-electron chi connectivity index (χ4n) is 3.78. The van der Waals surface area contributed by atoms with Gasteiger partial charge in [0.1, 0.15) is 0 Å². The van der Waals surface area contributed by atoms with E-state index in [4.69, 9.17) is 14.5 Å². The van der Waals surface area contributed by atoms with Crippen LogP contribution in [0.25, 0.3) is 0 Å². The number of aromatic nitrogens is 2. The Morgan fingerprint density at radius 3 is 2.89 bits per heavy atom. The Bertz CT molecular complexity index is 546. The van der Waals surface area contributed by atoms with Gasteiger partial charge in [-0.15, -0.1) is 0 Å². The summed E-state index contributed by atoms with van der Waals surface area (Å²) >= 11 is 0. The Balaban J connectivity index is 1.89. The van der Waals surface area contributed by atoms with Crippen LogP contribution in [0, 0.1) is 5.92 Å². The number of hydroxylamine groups is 1. The molecule has 1 saturated carbocycles. The standard InChI is InChI=1S/C19H34N4O4/c1-23(11-12-26-2)14-17-20-19(27-22-17)16(13-18(24)21-25)10-6-9-15-7-4-3-5-8-15/h15-16,25H,3-14H2,1-2H3,(H,21,24)/t16-/m1/s1. The number of methoxy groups -OCH3 is 1. The molecule has 27 heavy (non-hydrogen) atoms. The summed E-state index contributed by atoms with van der Waals surface area (Å²) in [5.74, 6) is 1.31. The molecule has 1 amide bonds. The van der Waals surface area contributed by atoms with Crippen LogP contribution < -0.4 is 5.48 Å². The lowest BCUT2D eigenvalue weighted by Gasteiger charge is -2.22. The summed E-state index contributed by atoms with van der Waals surface area (Å²) in [6, 6.07) is 0. The predicted molar refractivity (Wildman–Crippen MR) is 100 cm³/mol. The summed E-state index contributed by atoms with van der Waals surface area (Å²) in [4.78, 5) is 18.2. The molecule has 2 N–H and O–H groups in total. The lowest BCUT2D eigenvalue weighted by Crippen LogP contribution is -2.23. The average Bonchev–Trinajstić information content (AvgIpc) is 3.14. The normalized spacial score (nSPS) is 16.6. The van der Waals surface area contributed by atoms with E-state index in [9.17, 15) is 4.79 Å². The van der Waals surface area contributed by atoms with Gasteiger partial charge >= 0.3 is 0 Å². The van der Waals surface area contributed by atoms with Crippen molar-refractivity contribution < 1.29 is 19.3 Å². The number of carbonyl (C=O) groups excluding carboxylic acids is 1. The maximum absolute atomic E-state index is 11.7. The van der Waals surface area contributed by atoms with Gasteiger partial charge in [-0.3, -0.25) is 14.9 Å². The van der Waals surface area contributed by atoms with E-state index in [1.54, 1.807) is 12.6 Å². The fourth-order valence-corrected chi connectivity index (χ4v) is 3.78. The van der Waals surface area contributed by atoms with Crippen molar-refractivity contribution in [1.29, 1.82) is 0 Å². The molecule has 0 unspecified atom stereocenters. The van der Waals surface area contributed by atoms with Gasteiger partial charge in [0, 0.05) is 26.0 Å². The SMILES string of the molecule is COCCN(C)Cc1noc([C@H](CCCC2CCCCC2)CC(=O)NO)n1. The number of rotatable bonds is 12. The van der Waals surface area contributed by atoms with Crippen LogP contribution in [0.2, 0.25) is 0 Å². The predicted octanol–water partition coefficient (Wildman–Crippen LogP) is 2.88. The lowest BCUT2D eigenvalue weighted by molar-refractivity contribution is -0.129. The van der Waals surface area contributed by atoms with Crippen LogP contribution in [0.15, 0.2) is 4.52 Å². The van der Waals surface area contributed by atoms with Crippen LogP contribution in [-0.4, -0.2) is 53.5 Å². The topological polar surface area (TPSA) is 101 Å². The first-order valence-corrected chi connectivity index (χ1v) is 10.0. The monoisotopic (exact) mass is 382 g/mol. The number of ether oxygens (including phenoxy) is 1. The highest BCUT2D eigenvalue weighted by Crippen LogP contribution is 2.31. The third-order valence-electron chi connectivity index (χ3n) is 5.37. The molecule has 154 valence electrons. The molecule has 0 spiro atoms. The summed E-state index contributed by atoms with van der Waals surface area (Å²) in [6.45, 7) is 1.98. The zero-order valence-electron chi connectivity index (χ0n) is 16.7. The molecular formula is C19H34N4O4. The second kappa shape index (κ2) is 12.0. The molecule has 1 atom stereocenters. The quantitative estimate of drug-likeness (QED) is 0.423. The molecule has 1 heterocycles. The molecule has 1 fully saturated rings. The molecule has 2 rings (SSSR count). The van der Waals surface area contributed by atoms with Crippen molar-refractivity contribution in [2.24, 2.45) is 5.92 Å². The largest absolute Gasteiger partial charge is 0.383 e. The average molecular weight is 383 g/mol. The van der Waals surface area contributed by atoms with Gasteiger partial charge in [-0.25, -0.2) is 5.48 Å². The number of amides is 1. The van der Waals surface area contributed by atoms with E-state index >= 15 is 0 Å². The summed E-state index contributed by atoms with van der Waals surface area (Å²) in [5, 5.41) is 12.9. The van der Waals surface area contributed by atoms with Crippen LogP contribution in [-0.2, 0) is 16.1 Å². The van der Waals surface area contributed by atoms with Crippen molar-refractivity contribution in [2.45, 2.75) is 70.3 Å². The number of nitrogens with one attached hydrogen (secondary N) is 1. The first-order valence-electron chi connectivity index (χ1n) is 10.0. The molecule has 0 aromatic carbocycles. The maximum atomic E-state index is 11.7. The van der Waals surface area contributed by atoms with Gasteiger partial charge in [-0.1, -0.05) is 50.1 Å². The van der Waals surface area contributed by atoms with E-state index in [1.165, 1.54) is 38.5 Å². The van der Waals surface area contributed by atoms with Gasteiger partial charge in [0.05, 0.1) is 13.2 Å². The van der Waals surface area contributed by atoms with Crippen LogP contribution in [0.5, 0.6) is 0 Å². The van der Waals surface area contributed by atoms with Crippen molar-refractivity contribution in [1.82, 2.24) is 20.5 Å². The van der Waals surface area contributed by atoms with E-state index in [-0.39, 0.29) is 12.3 Å². The molecule has 1 aliphatic carbocycles. The Hall–Kier alpha value is -1.51. The minimum atomic E-state index is -0.422. The third-order valence-corrected chi connectivity index (χ3v) is 5.37. The van der Waals surface area contributed by atoms with Crippen molar-refractivity contribution in [3.8, 4) is 0 Å². The van der Waals surface area contributed by atoms with E-state index in [0.29, 0.717) is 24.9 Å². The molecule has 0 aliphatic heterocycles. The zero-order valence-corrected chi connectivity index (χ0v) is 16.7. The first kappa shape index (κ1) is 21.8. The molecule has 8 heteroatoms. The molecular weight excluding hydrogens is 348 g/mol. The summed E-state index contributed by atoms with van der Waals surface area (Å²) in [7, 11) is 3.64. The van der Waals surface area contributed by atoms with Gasteiger partial charge in [0.2, 0.25) is 11.8 Å². The Morgan fingerprint density at radius 1 is 1.41 bits per heavy atom. The van der Waals surface area contributed by atoms with Gasteiger partial charge in [0.15, 0.2) is 5.82 Å². The number of hydrogen-bond donors (Lipinski definition) is 2. The fraction of sp³-hybridized carbons (Fsp3) is 0.842. The van der Waals surface area contributed by atoms with Crippen LogP contribution in [0.3, 0.4) is 0 Å². The number of nitrogens with zero attached hydrogens (tertiary/aromatic N) is 3. The minimum Gasteiger partial charge on any atom is -0.383 e. The summed E-state index contributed by atoms with van der Waals surface area (Å²) in [6.07, 6.45) is 9.85. The van der Waals surface area contributed by atoms with Crippen molar-refractivity contribution in [3.63, 3.8) is 0 Å². The molecule has 1 aromatic heterocycles. The lowest BCUT2D eigenvalue weighted by atomic mass is 9.84. The molecule has 1 aromatic rings. The Labute approximate surface area is 161 Å². The summed E-state index contributed by atoms with van der Waals surface area (Å²) in [5.41, 5.74) is 1.72. The van der Waals surface area contributed by atoms with Gasteiger partial charge in [-0.2, -0.15) is 4.98 Å². The number of carbonyl (C=O) groups is 1. The minimum absolute atomic E-state index is 0.155. The molecule has 8 nitrogen and oxygen atoms in total. The molecule has 0 bridgehead atoms.